The SMILES string of the molecule is O=C1/C(=C/c2c(N3CCN(c4ccc(F)cc4)CC3)nc3ccccn3c2=O)SC(=S)N1C[C@H]1CCCO1. The maximum absolute atomic E-state index is 13.7. The first-order valence-electron chi connectivity index (χ1n) is 12.6. The first kappa shape index (κ1) is 25.0. The van der Waals surface area contributed by atoms with Crippen LogP contribution in [0.4, 0.5) is 15.9 Å². The van der Waals surface area contributed by atoms with Crippen molar-refractivity contribution in [2.75, 3.05) is 49.1 Å². The Kier molecular flexibility index (Phi) is 6.89. The molecule has 196 valence electrons. The van der Waals surface area contributed by atoms with E-state index in [2.05, 4.69) is 9.80 Å². The molecule has 0 saturated carbocycles. The maximum atomic E-state index is 13.7. The highest BCUT2D eigenvalue weighted by atomic mass is 32.2. The Bertz CT molecular complexity index is 1480. The number of hydrogen-bond donors (Lipinski definition) is 0. The molecule has 0 N–H and O–H groups in total. The topological polar surface area (TPSA) is 70.4 Å². The third-order valence-electron chi connectivity index (χ3n) is 7.08. The molecular formula is C27H26FN5O3S2. The molecule has 1 amide bonds. The lowest BCUT2D eigenvalue weighted by atomic mass is 10.2. The zero-order valence-corrected chi connectivity index (χ0v) is 22.2. The number of thiocarbonyl (C=S) groups is 1. The van der Waals surface area contributed by atoms with Crippen LogP contribution >= 0.6 is 24.0 Å². The number of rotatable bonds is 5. The first-order valence-corrected chi connectivity index (χ1v) is 13.8. The predicted molar refractivity (Wildman–Crippen MR) is 151 cm³/mol. The summed E-state index contributed by atoms with van der Waals surface area (Å²) < 4.78 is 21.0. The number of benzene rings is 1. The molecule has 3 fully saturated rings. The van der Waals surface area contributed by atoms with Gasteiger partial charge in [-0.15, -0.1) is 0 Å². The molecule has 3 aliphatic rings. The van der Waals surface area contributed by atoms with Crippen molar-refractivity contribution in [3.05, 3.63) is 75.3 Å². The van der Waals surface area contributed by atoms with E-state index in [0.29, 0.717) is 65.6 Å². The van der Waals surface area contributed by atoms with Gasteiger partial charge in [0.05, 0.1) is 23.1 Å². The lowest BCUT2D eigenvalue weighted by Gasteiger charge is -2.37. The van der Waals surface area contributed by atoms with E-state index in [1.165, 1.54) is 28.3 Å². The molecular weight excluding hydrogens is 525 g/mol. The molecule has 0 unspecified atom stereocenters. The zero-order valence-electron chi connectivity index (χ0n) is 20.6. The Labute approximate surface area is 228 Å². The average molecular weight is 552 g/mol. The van der Waals surface area contributed by atoms with E-state index in [4.69, 9.17) is 21.9 Å². The van der Waals surface area contributed by atoms with Crippen LogP contribution in [0.15, 0.2) is 58.4 Å². The van der Waals surface area contributed by atoms with Crippen molar-refractivity contribution in [2.45, 2.75) is 18.9 Å². The average Bonchev–Trinajstić information content (AvgIpc) is 3.55. The smallest absolute Gasteiger partial charge is 0.267 e. The number of amides is 1. The summed E-state index contributed by atoms with van der Waals surface area (Å²) in [5.74, 6) is 0.0727. The number of hydrogen-bond acceptors (Lipinski definition) is 8. The Morgan fingerprint density at radius 3 is 2.58 bits per heavy atom. The Morgan fingerprint density at radius 1 is 1.08 bits per heavy atom. The summed E-state index contributed by atoms with van der Waals surface area (Å²) in [7, 11) is 0. The Morgan fingerprint density at radius 2 is 1.84 bits per heavy atom. The third-order valence-corrected chi connectivity index (χ3v) is 8.46. The number of anilines is 2. The molecule has 38 heavy (non-hydrogen) atoms. The molecule has 0 radical (unpaired) electrons. The molecule has 1 atom stereocenters. The largest absolute Gasteiger partial charge is 0.376 e. The first-order chi connectivity index (χ1) is 18.5. The van der Waals surface area contributed by atoms with Crippen LogP contribution in [0.5, 0.6) is 0 Å². The number of nitrogens with zero attached hydrogens (tertiary/aromatic N) is 5. The highest BCUT2D eigenvalue weighted by molar-refractivity contribution is 8.26. The molecule has 3 aromatic rings. The molecule has 0 bridgehead atoms. The summed E-state index contributed by atoms with van der Waals surface area (Å²) in [4.78, 5) is 38.1. The minimum atomic E-state index is -0.265. The van der Waals surface area contributed by atoms with Crippen molar-refractivity contribution in [1.29, 1.82) is 0 Å². The number of fused-ring (bicyclic) bond motifs is 1. The van der Waals surface area contributed by atoms with Crippen molar-refractivity contribution in [1.82, 2.24) is 14.3 Å². The quantitative estimate of drug-likeness (QED) is 0.352. The van der Waals surface area contributed by atoms with Crippen LogP contribution in [0.3, 0.4) is 0 Å². The van der Waals surface area contributed by atoms with E-state index in [9.17, 15) is 14.0 Å². The number of aromatic nitrogens is 2. The fraction of sp³-hybridized carbons (Fsp3) is 0.333. The Balaban J connectivity index is 1.32. The Hall–Kier alpha value is -3.28. The summed E-state index contributed by atoms with van der Waals surface area (Å²) in [5, 5.41) is 0. The minimum absolute atomic E-state index is 0.0159. The predicted octanol–water partition coefficient (Wildman–Crippen LogP) is 3.54. The standard InChI is InChI=1S/C27H26FN5O3S2/c28-18-6-8-19(9-7-18)30-11-13-31(14-12-30)24-21(25(34)32-10-2-1-5-23(32)29-24)16-22-26(35)33(27(37)38-22)17-20-4-3-15-36-20/h1-2,5-10,16,20H,3-4,11-15,17H2/b22-16-/t20-/m1/s1. The normalized spacial score (nSPS) is 21.3. The van der Waals surface area contributed by atoms with E-state index >= 15 is 0 Å². The van der Waals surface area contributed by atoms with Gasteiger partial charge in [0.1, 0.15) is 21.6 Å². The van der Waals surface area contributed by atoms with Crippen LogP contribution in [-0.4, -0.2) is 69.9 Å². The van der Waals surface area contributed by atoms with Gasteiger partial charge in [0, 0.05) is 44.7 Å². The van der Waals surface area contributed by atoms with E-state index in [1.54, 1.807) is 41.4 Å². The van der Waals surface area contributed by atoms with Crippen molar-refractivity contribution in [2.24, 2.45) is 0 Å². The van der Waals surface area contributed by atoms with Gasteiger partial charge < -0.3 is 14.5 Å². The molecule has 0 aliphatic carbocycles. The van der Waals surface area contributed by atoms with E-state index in [-0.39, 0.29) is 23.4 Å². The highest BCUT2D eigenvalue weighted by Crippen LogP contribution is 2.34. The second-order valence-electron chi connectivity index (χ2n) is 9.46. The van der Waals surface area contributed by atoms with E-state index in [1.807, 2.05) is 6.07 Å². The summed E-state index contributed by atoms with van der Waals surface area (Å²) in [6.07, 6.45) is 5.19. The van der Waals surface area contributed by atoms with Crippen molar-refractivity contribution < 1.29 is 13.9 Å². The number of carbonyl (C=O) groups excluding carboxylic acids is 1. The van der Waals surface area contributed by atoms with Gasteiger partial charge >= 0.3 is 0 Å². The summed E-state index contributed by atoms with van der Waals surface area (Å²) in [6, 6.07) is 11.9. The third kappa shape index (κ3) is 4.81. The van der Waals surface area contributed by atoms with Gasteiger partial charge in [-0.05, 0) is 55.3 Å². The van der Waals surface area contributed by atoms with Crippen LogP contribution in [0.25, 0.3) is 11.7 Å². The fourth-order valence-corrected chi connectivity index (χ4v) is 6.32. The van der Waals surface area contributed by atoms with Gasteiger partial charge in [0.25, 0.3) is 11.5 Å². The van der Waals surface area contributed by atoms with Crippen molar-refractivity contribution in [3.63, 3.8) is 0 Å². The van der Waals surface area contributed by atoms with E-state index in [0.717, 1.165) is 18.5 Å². The monoisotopic (exact) mass is 551 g/mol. The molecule has 3 saturated heterocycles. The van der Waals surface area contributed by atoms with Crippen LogP contribution < -0.4 is 15.4 Å². The number of piperazine rings is 1. The highest BCUT2D eigenvalue weighted by Gasteiger charge is 2.35. The lowest BCUT2D eigenvalue weighted by Crippen LogP contribution is -2.47. The van der Waals surface area contributed by atoms with Crippen molar-refractivity contribution >= 4 is 57.4 Å². The maximum Gasteiger partial charge on any atom is 0.267 e. The zero-order chi connectivity index (χ0) is 26.2. The number of halogens is 1. The summed E-state index contributed by atoms with van der Waals surface area (Å²) in [6.45, 7) is 3.73. The molecule has 3 aliphatic heterocycles. The lowest BCUT2D eigenvalue weighted by molar-refractivity contribution is -0.123. The molecule has 11 heteroatoms. The number of thioether (sulfide) groups is 1. The van der Waals surface area contributed by atoms with Crippen LogP contribution in [0, 0.1) is 5.82 Å². The summed E-state index contributed by atoms with van der Waals surface area (Å²) >= 11 is 6.72. The number of ether oxygens (including phenoxy) is 1. The second kappa shape index (κ2) is 10.5. The van der Waals surface area contributed by atoms with Gasteiger partial charge in [-0.2, -0.15) is 0 Å². The van der Waals surface area contributed by atoms with Gasteiger partial charge in [0.15, 0.2) is 0 Å². The fourth-order valence-electron chi connectivity index (χ4n) is 5.07. The molecule has 2 aromatic heterocycles. The molecule has 8 nitrogen and oxygen atoms in total. The van der Waals surface area contributed by atoms with Crippen molar-refractivity contribution in [3.8, 4) is 0 Å². The molecule has 0 spiro atoms. The summed E-state index contributed by atoms with van der Waals surface area (Å²) in [5.41, 5.74) is 1.61. The number of carbonyl (C=O) groups is 1. The minimum Gasteiger partial charge on any atom is -0.376 e. The molecule has 1 aromatic carbocycles. The van der Waals surface area contributed by atoms with E-state index < -0.39 is 0 Å². The molecule has 5 heterocycles. The van der Waals surface area contributed by atoms with Crippen LogP contribution in [0.2, 0.25) is 0 Å². The van der Waals surface area contributed by atoms with Crippen LogP contribution in [0.1, 0.15) is 18.4 Å². The van der Waals surface area contributed by atoms with Crippen LogP contribution in [-0.2, 0) is 9.53 Å². The van der Waals surface area contributed by atoms with Gasteiger partial charge in [-0.25, -0.2) is 9.37 Å². The number of pyridine rings is 1. The van der Waals surface area contributed by atoms with Gasteiger partial charge in [0.2, 0.25) is 0 Å². The second-order valence-corrected chi connectivity index (χ2v) is 11.1. The van der Waals surface area contributed by atoms with Gasteiger partial charge in [-0.3, -0.25) is 18.9 Å². The van der Waals surface area contributed by atoms with Gasteiger partial charge in [-0.1, -0.05) is 30.0 Å². The molecule has 6 rings (SSSR count).